The molecule has 0 atom stereocenters. The quantitative estimate of drug-likeness (QED) is 0.625. The van der Waals surface area contributed by atoms with E-state index in [1.54, 1.807) is 12.1 Å². The smallest absolute Gasteiger partial charge is 0.356 e. The van der Waals surface area contributed by atoms with Gasteiger partial charge < -0.3 is 4.74 Å². The fourth-order valence-corrected chi connectivity index (χ4v) is 2.95. The minimum atomic E-state index is -0.475. The summed E-state index contributed by atoms with van der Waals surface area (Å²) in [5.74, 6) is -0.475. The van der Waals surface area contributed by atoms with Crippen LogP contribution < -0.4 is 0 Å². The lowest BCUT2D eigenvalue weighted by Gasteiger charge is -2.20. The molecule has 7 heteroatoms. The van der Waals surface area contributed by atoms with E-state index in [1.165, 1.54) is 7.11 Å². The second-order valence-corrected chi connectivity index (χ2v) is 9.17. The molecule has 3 aromatic heterocycles. The Bertz CT molecular complexity index is 952. The lowest BCUT2D eigenvalue weighted by atomic mass is 9.93. The van der Waals surface area contributed by atoms with Gasteiger partial charge >= 0.3 is 5.97 Å². The molecule has 7 nitrogen and oxygen atoms in total. The molecule has 0 amide bonds. The Morgan fingerprint density at radius 2 is 1.41 bits per heavy atom. The number of carbonyl (C=O) groups is 1. The van der Waals surface area contributed by atoms with Gasteiger partial charge in [0.15, 0.2) is 6.17 Å². The molecule has 0 spiro atoms. The SMILES string of the molecule is COC(=O)c1cccc(C(n2ccc(C(C)(C)C)n2)n2ccc(C(C)(C)C)n2)n1. The zero-order chi connectivity index (χ0) is 21.4. The number of hydrogen-bond acceptors (Lipinski definition) is 5. The summed E-state index contributed by atoms with van der Waals surface area (Å²) in [5, 5.41) is 9.60. The summed E-state index contributed by atoms with van der Waals surface area (Å²) in [6, 6.07) is 9.31. The summed E-state index contributed by atoms with van der Waals surface area (Å²) in [6.45, 7) is 12.7. The third-order valence-corrected chi connectivity index (χ3v) is 4.68. The van der Waals surface area contributed by atoms with Crippen LogP contribution in [0.25, 0.3) is 0 Å². The van der Waals surface area contributed by atoms with E-state index < -0.39 is 12.1 Å². The van der Waals surface area contributed by atoms with Gasteiger partial charge in [0.25, 0.3) is 0 Å². The number of methoxy groups -OCH3 is 1. The Labute approximate surface area is 171 Å². The van der Waals surface area contributed by atoms with Crippen LogP contribution in [-0.2, 0) is 15.6 Å². The van der Waals surface area contributed by atoms with E-state index in [4.69, 9.17) is 14.9 Å². The summed E-state index contributed by atoms with van der Waals surface area (Å²) < 4.78 is 8.51. The maximum atomic E-state index is 12.0. The molecule has 0 aliphatic carbocycles. The van der Waals surface area contributed by atoms with Gasteiger partial charge in [-0.15, -0.1) is 0 Å². The highest BCUT2D eigenvalue weighted by Gasteiger charge is 2.26. The van der Waals surface area contributed by atoms with E-state index in [0.717, 1.165) is 11.4 Å². The topological polar surface area (TPSA) is 74.8 Å². The number of esters is 1. The van der Waals surface area contributed by atoms with E-state index >= 15 is 0 Å². The second-order valence-electron chi connectivity index (χ2n) is 9.17. The highest BCUT2D eigenvalue weighted by atomic mass is 16.5. The zero-order valence-corrected chi connectivity index (χ0v) is 18.2. The molecule has 3 aromatic rings. The van der Waals surface area contributed by atoms with Crippen molar-refractivity contribution in [3.63, 3.8) is 0 Å². The largest absolute Gasteiger partial charge is 0.464 e. The van der Waals surface area contributed by atoms with Crippen LogP contribution in [0.2, 0.25) is 0 Å². The van der Waals surface area contributed by atoms with Gasteiger partial charge in [0, 0.05) is 23.2 Å². The molecule has 0 aromatic carbocycles. The van der Waals surface area contributed by atoms with Crippen molar-refractivity contribution in [1.82, 2.24) is 24.5 Å². The number of ether oxygens (including phenoxy) is 1. The Balaban J connectivity index is 2.13. The van der Waals surface area contributed by atoms with Crippen LogP contribution in [0.3, 0.4) is 0 Å². The summed E-state index contributed by atoms with van der Waals surface area (Å²) in [5.41, 5.74) is 2.67. The van der Waals surface area contributed by atoms with Gasteiger partial charge in [-0.25, -0.2) is 19.1 Å². The number of rotatable bonds is 4. The van der Waals surface area contributed by atoms with Gasteiger partial charge in [-0.3, -0.25) is 0 Å². The number of aromatic nitrogens is 5. The molecule has 0 aliphatic heterocycles. The van der Waals surface area contributed by atoms with E-state index in [9.17, 15) is 4.79 Å². The fourth-order valence-electron chi connectivity index (χ4n) is 2.95. The third-order valence-electron chi connectivity index (χ3n) is 4.68. The monoisotopic (exact) mass is 395 g/mol. The maximum absolute atomic E-state index is 12.0. The molecule has 0 radical (unpaired) electrons. The van der Waals surface area contributed by atoms with Crippen LogP contribution in [0.15, 0.2) is 42.7 Å². The molecule has 0 fully saturated rings. The molecular weight excluding hydrogens is 366 g/mol. The van der Waals surface area contributed by atoms with Crippen molar-refractivity contribution < 1.29 is 9.53 Å². The minimum Gasteiger partial charge on any atom is -0.464 e. The van der Waals surface area contributed by atoms with E-state index in [1.807, 2.05) is 40.0 Å². The number of pyridine rings is 1. The van der Waals surface area contributed by atoms with Crippen molar-refractivity contribution in [2.45, 2.75) is 58.5 Å². The highest BCUT2D eigenvalue weighted by Crippen LogP contribution is 2.26. The van der Waals surface area contributed by atoms with Crippen molar-refractivity contribution in [2.24, 2.45) is 0 Å². The molecule has 29 heavy (non-hydrogen) atoms. The lowest BCUT2D eigenvalue weighted by molar-refractivity contribution is 0.0593. The van der Waals surface area contributed by atoms with Crippen molar-refractivity contribution >= 4 is 5.97 Å². The molecule has 0 N–H and O–H groups in total. The van der Waals surface area contributed by atoms with Crippen molar-refractivity contribution in [1.29, 1.82) is 0 Å². The van der Waals surface area contributed by atoms with Crippen LogP contribution in [0.4, 0.5) is 0 Å². The molecule has 0 unspecified atom stereocenters. The second kappa shape index (κ2) is 7.46. The van der Waals surface area contributed by atoms with Gasteiger partial charge in [-0.1, -0.05) is 47.6 Å². The van der Waals surface area contributed by atoms with Gasteiger partial charge in [-0.05, 0) is 24.3 Å². The van der Waals surface area contributed by atoms with Crippen molar-refractivity contribution in [3.05, 3.63) is 65.5 Å². The number of nitrogens with zero attached hydrogens (tertiary/aromatic N) is 5. The summed E-state index contributed by atoms with van der Waals surface area (Å²) in [6.07, 6.45) is 3.43. The van der Waals surface area contributed by atoms with Gasteiger partial charge in [-0.2, -0.15) is 10.2 Å². The minimum absolute atomic E-state index is 0.0855. The summed E-state index contributed by atoms with van der Waals surface area (Å²) in [7, 11) is 1.35. The van der Waals surface area contributed by atoms with Gasteiger partial charge in [0.2, 0.25) is 0 Å². The number of carbonyl (C=O) groups excluding carboxylic acids is 1. The normalized spacial score (nSPS) is 12.4. The third kappa shape index (κ3) is 4.39. The average molecular weight is 396 g/mol. The lowest BCUT2D eigenvalue weighted by Crippen LogP contribution is -2.24. The molecule has 0 bridgehead atoms. The van der Waals surface area contributed by atoms with E-state index in [0.29, 0.717) is 5.69 Å². The molecule has 0 saturated heterocycles. The van der Waals surface area contributed by atoms with Crippen LogP contribution >= 0.6 is 0 Å². The first-order chi connectivity index (χ1) is 13.5. The molecule has 3 rings (SSSR count). The van der Waals surface area contributed by atoms with Crippen LogP contribution in [0.5, 0.6) is 0 Å². The molecule has 0 saturated carbocycles. The fraction of sp³-hybridized carbons (Fsp3) is 0.455. The predicted molar refractivity (Wildman–Crippen MR) is 111 cm³/mol. The predicted octanol–water partition coefficient (Wildman–Crippen LogP) is 3.95. The Hall–Kier alpha value is -2.96. The first-order valence-electron chi connectivity index (χ1n) is 9.67. The summed E-state index contributed by atoms with van der Waals surface area (Å²) >= 11 is 0. The maximum Gasteiger partial charge on any atom is 0.356 e. The van der Waals surface area contributed by atoms with Crippen LogP contribution in [0.1, 0.15) is 75.3 Å². The first kappa shape index (κ1) is 20.8. The summed E-state index contributed by atoms with van der Waals surface area (Å²) in [4.78, 5) is 16.5. The van der Waals surface area contributed by atoms with Crippen LogP contribution in [-0.4, -0.2) is 37.6 Å². The van der Waals surface area contributed by atoms with Gasteiger partial charge in [0.1, 0.15) is 5.69 Å². The average Bonchev–Trinajstić information content (AvgIpc) is 3.31. The molecule has 3 heterocycles. The van der Waals surface area contributed by atoms with Crippen molar-refractivity contribution in [3.8, 4) is 0 Å². The zero-order valence-electron chi connectivity index (χ0n) is 18.2. The van der Waals surface area contributed by atoms with Crippen molar-refractivity contribution in [2.75, 3.05) is 7.11 Å². The Kier molecular flexibility index (Phi) is 5.34. The molecular formula is C22H29N5O2. The molecule has 154 valence electrons. The highest BCUT2D eigenvalue weighted by molar-refractivity contribution is 5.87. The van der Waals surface area contributed by atoms with E-state index in [2.05, 4.69) is 46.5 Å². The van der Waals surface area contributed by atoms with Gasteiger partial charge in [0.05, 0.1) is 24.2 Å². The van der Waals surface area contributed by atoms with E-state index in [-0.39, 0.29) is 16.5 Å². The number of hydrogen-bond donors (Lipinski definition) is 0. The molecule has 0 aliphatic rings. The Morgan fingerprint density at radius 1 is 0.897 bits per heavy atom. The van der Waals surface area contributed by atoms with Crippen LogP contribution in [0, 0.1) is 0 Å². The standard InChI is InChI=1S/C22H29N5O2/c1-21(2,3)17-11-13-26(24-17)19(27-14-12-18(25-27)22(4,5)6)15-9-8-10-16(23-15)20(28)29-7/h8-14,19H,1-7H3. The Morgan fingerprint density at radius 3 is 1.83 bits per heavy atom. The first-order valence-corrected chi connectivity index (χ1v) is 9.67.